The van der Waals surface area contributed by atoms with Crippen molar-refractivity contribution in [1.82, 2.24) is 10.6 Å². The molecule has 3 rings (SSSR count). The van der Waals surface area contributed by atoms with Crippen LogP contribution in [0.1, 0.15) is 16.7 Å². The number of carbonyl (C=O) groups excluding carboxylic acids is 2. The molecule has 0 unspecified atom stereocenters. The van der Waals surface area contributed by atoms with Crippen LogP contribution in [0.3, 0.4) is 0 Å². The van der Waals surface area contributed by atoms with E-state index in [1.54, 1.807) is 42.5 Å². The molecule has 0 aliphatic heterocycles. The molecule has 0 saturated heterocycles. The third kappa shape index (κ3) is 7.74. The number of nitrogens with one attached hydrogen (secondary N) is 2. The topological polar surface area (TPSA) is 105 Å². The number of halogens is 1. The number of carboxylic acids is 1. The molecule has 3 N–H and O–H groups in total. The Bertz CT molecular complexity index is 1110. The number of hydrogen-bond acceptors (Lipinski definition) is 4. The number of aliphatic carboxylic acids is 1. The minimum atomic E-state index is -1.31. The summed E-state index contributed by atoms with van der Waals surface area (Å²) < 4.78 is 18.7. The van der Waals surface area contributed by atoms with E-state index in [2.05, 4.69) is 10.6 Å². The zero-order valence-electron chi connectivity index (χ0n) is 18.3. The van der Waals surface area contributed by atoms with Crippen LogP contribution in [0.5, 0.6) is 0 Å². The third-order valence-corrected chi connectivity index (χ3v) is 5.05. The maximum Gasteiger partial charge on any atom is 0.408 e. The van der Waals surface area contributed by atoms with Crippen LogP contribution < -0.4 is 10.6 Å². The van der Waals surface area contributed by atoms with Gasteiger partial charge < -0.3 is 20.5 Å². The fourth-order valence-electron chi connectivity index (χ4n) is 3.34. The molecular formula is C26H25FN2O5. The molecule has 2 amide bonds. The number of carbonyl (C=O) groups is 3. The fourth-order valence-corrected chi connectivity index (χ4v) is 3.34. The molecule has 0 aliphatic carbocycles. The summed E-state index contributed by atoms with van der Waals surface area (Å²) in [5, 5.41) is 14.6. The van der Waals surface area contributed by atoms with Crippen molar-refractivity contribution in [3.63, 3.8) is 0 Å². The quantitative estimate of drug-likeness (QED) is 0.426. The first-order valence-corrected chi connectivity index (χ1v) is 10.7. The monoisotopic (exact) mass is 464 g/mol. The Morgan fingerprint density at radius 3 is 1.97 bits per heavy atom. The molecule has 0 bridgehead atoms. The Balaban J connectivity index is 1.69. The summed E-state index contributed by atoms with van der Waals surface area (Å²) in [7, 11) is 0. The van der Waals surface area contributed by atoms with Gasteiger partial charge in [0, 0.05) is 12.8 Å². The molecule has 34 heavy (non-hydrogen) atoms. The van der Waals surface area contributed by atoms with Crippen LogP contribution >= 0.6 is 0 Å². The number of carboxylic acid groups (broad SMARTS) is 1. The van der Waals surface area contributed by atoms with Gasteiger partial charge in [0.2, 0.25) is 5.91 Å². The van der Waals surface area contributed by atoms with Crippen molar-refractivity contribution in [1.29, 1.82) is 0 Å². The molecular weight excluding hydrogens is 439 g/mol. The second-order valence-electron chi connectivity index (χ2n) is 7.68. The SMILES string of the molecule is O=C(N[C@@H](Cc1ccccc1)C(=O)N[C@@H](Cc1cccc(F)c1)C(=O)O)OCc1ccccc1. The molecule has 0 fully saturated rings. The van der Waals surface area contributed by atoms with Crippen LogP contribution in [0.25, 0.3) is 0 Å². The molecule has 0 heterocycles. The first-order valence-electron chi connectivity index (χ1n) is 10.7. The molecule has 0 aliphatic rings. The fraction of sp³-hybridized carbons (Fsp3) is 0.192. The first-order chi connectivity index (χ1) is 16.4. The third-order valence-electron chi connectivity index (χ3n) is 5.05. The van der Waals surface area contributed by atoms with Gasteiger partial charge in [0.15, 0.2) is 0 Å². The lowest BCUT2D eigenvalue weighted by Crippen LogP contribution is -2.53. The van der Waals surface area contributed by atoms with E-state index in [0.717, 1.165) is 11.1 Å². The molecule has 2 atom stereocenters. The Morgan fingerprint density at radius 1 is 0.765 bits per heavy atom. The predicted molar refractivity (Wildman–Crippen MR) is 123 cm³/mol. The summed E-state index contributed by atoms with van der Waals surface area (Å²) in [6.45, 7) is 0.0175. The smallest absolute Gasteiger partial charge is 0.408 e. The van der Waals surface area contributed by atoms with E-state index in [-0.39, 0.29) is 19.4 Å². The van der Waals surface area contributed by atoms with Crippen molar-refractivity contribution in [3.8, 4) is 0 Å². The van der Waals surface area contributed by atoms with Gasteiger partial charge in [0.25, 0.3) is 0 Å². The molecule has 0 saturated carbocycles. The second-order valence-corrected chi connectivity index (χ2v) is 7.68. The molecule has 3 aromatic rings. The summed E-state index contributed by atoms with van der Waals surface area (Å²) in [6, 6.07) is 21.2. The van der Waals surface area contributed by atoms with Gasteiger partial charge in [-0.1, -0.05) is 72.8 Å². The molecule has 0 spiro atoms. The van der Waals surface area contributed by atoms with Crippen molar-refractivity contribution in [2.75, 3.05) is 0 Å². The van der Waals surface area contributed by atoms with Crippen molar-refractivity contribution in [3.05, 3.63) is 107 Å². The van der Waals surface area contributed by atoms with Crippen molar-refractivity contribution in [2.24, 2.45) is 0 Å². The first kappa shape index (κ1) is 24.4. The van der Waals surface area contributed by atoms with Crippen LogP contribution in [0, 0.1) is 5.82 Å². The minimum absolute atomic E-state index is 0.0175. The molecule has 0 aromatic heterocycles. The number of ether oxygens (including phenoxy) is 1. The number of hydrogen-bond donors (Lipinski definition) is 3. The van der Waals surface area contributed by atoms with Gasteiger partial charge in [0.1, 0.15) is 24.5 Å². The van der Waals surface area contributed by atoms with Crippen LogP contribution in [0.4, 0.5) is 9.18 Å². The van der Waals surface area contributed by atoms with E-state index in [9.17, 15) is 23.9 Å². The highest BCUT2D eigenvalue weighted by Gasteiger charge is 2.27. The second kappa shape index (κ2) is 12.2. The lowest BCUT2D eigenvalue weighted by atomic mass is 10.0. The van der Waals surface area contributed by atoms with Gasteiger partial charge in [-0.3, -0.25) is 4.79 Å². The van der Waals surface area contributed by atoms with E-state index in [4.69, 9.17) is 4.74 Å². The van der Waals surface area contributed by atoms with Crippen LogP contribution in [-0.4, -0.2) is 35.2 Å². The number of benzene rings is 3. The lowest BCUT2D eigenvalue weighted by Gasteiger charge is -2.21. The van der Waals surface area contributed by atoms with Crippen molar-refractivity contribution in [2.45, 2.75) is 31.5 Å². The number of alkyl carbamates (subject to hydrolysis) is 1. The van der Waals surface area contributed by atoms with Crippen LogP contribution in [0.2, 0.25) is 0 Å². The summed E-state index contributed by atoms with van der Waals surface area (Å²) in [5.41, 5.74) is 1.97. The van der Waals surface area contributed by atoms with Crippen molar-refractivity contribution < 1.29 is 28.6 Å². The summed E-state index contributed by atoms with van der Waals surface area (Å²) in [5.74, 6) is -2.47. The van der Waals surface area contributed by atoms with Crippen LogP contribution in [-0.2, 0) is 33.8 Å². The van der Waals surface area contributed by atoms with Gasteiger partial charge in [-0.2, -0.15) is 0 Å². The van der Waals surface area contributed by atoms with E-state index in [1.807, 2.05) is 24.3 Å². The molecule has 8 heteroatoms. The highest BCUT2D eigenvalue weighted by molar-refractivity contribution is 5.89. The molecule has 176 valence electrons. The Kier molecular flexibility index (Phi) is 8.73. The van der Waals surface area contributed by atoms with Gasteiger partial charge in [-0.15, -0.1) is 0 Å². The number of rotatable bonds is 10. The average Bonchev–Trinajstić information content (AvgIpc) is 2.83. The number of amides is 2. The zero-order chi connectivity index (χ0) is 24.3. The summed E-state index contributed by atoms with van der Waals surface area (Å²) in [6.07, 6.45) is -0.800. The lowest BCUT2D eigenvalue weighted by molar-refractivity contribution is -0.142. The van der Waals surface area contributed by atoms with E-state index < -0.39 is 35.9 Å². The predicted octanol–water partition coefficient (Wildman–Crippen LogP) is 3.48. The van der Waals surface area contributed by atoms with E-state index >= 15 is 0 Å². The van der Waals surface area contributed by atoms with Crippen molar-refractivity contribution >= 4 is 18.0 Å². The molecule has 3 aromatic carbocycles. The average molecular weight is 464 g/mol. The van der Waals surface area contributed by atoms with E-state index in [1.165, 1.54) is 18.2 Å². The minimum Gasteiger partial charge on any atom is -0.480 e. The summed E-state index contributed by atoms with van der Waals surface area (Å²) >= 11 is 0. The van der Waals surface area contributed by atoms with Gasteiger partial charge in [-0.05, 0) is 28.8 Å². The normalized spacial score (nSPS) is 12.3. The summed E-state index contributed by atoms with van der Waals surface area (Å²) in [4.78, 5) is 37.2. The highest BCUT2D eigenvalue weighted by Crippen LogP contribution is 2.09. The van der Waals surface area contributed by atoms with Gasteiger partial charge in [-0.25, -0.2) is 14.0 Å². The molecule has 7 nitrogen and oxygen atoms in total. The molecule has 0 radical (unpaired) electrons. The van der Waals surface area contributed by atoms with Gasteiger partial charge in [0.05, 0.1) is 0 Å². The highest BCUT2D eigenvalue weighted by atomic mass is 19.1. The van der Waals surface area contributed by atoms with E-state index in [0.29, 0.717) is 5.56 Å². The zero-order valence-corrected chi connectivity index (χ0v) is 18.3. The maximum absolute atomic E-state index is 13.5. The maximum atomic E-state index is 13.5. The van der Waals surface area contributed by atoms with Gasteiger partial charge >= 0.3 is 12.1 Å². The standard InChI is InChI=1S/C26H25FN2O5/c27-21-13-7-12-20(14-21)16-23(25(31)32)28-24(30)22(15-18-8-3-1-4-9-18)29-26(33)34-17-19-10-5-2-6-11-19/h1-14,22-23H,15-17H2,(H,28,30)(H,29,33)(H,31,32)/t22-,23-/m0/s1. The Hall–Kier alpha value is -4.20. The van der Waals surface area contributed by atoms with Crippen LogP contribution in [0.15, 0.2) is 84.9 Å². The Labute approximate surface area is 196 Å². The largest absolute Gasteiger partial charge is 0.480 e. The Morgan fingerprint density at radius 2 is 1.35 bits per heavy atom.